The van der Waals surface area contributed by atoms with Crippen LogP contribution >= 0.6 is 0 Å². The van der Waals surface area contributed by atoms with Gasteiger partial charge in [0.2, 0.25) is 5.75 Å². The zero-order valence-corrected chi connectivity index (χ0v) is 18.9. The second-order valence-electron chi connectivity index (χ2n) is 7.40. The number of nitrogens with one attached hydrogen (secondary N) is 2. The smallest absolute Gasteiger partial charge is 0.203 e. The molecule has 1 atom stereocenters. The number of ether oxygens (including phenoxy) is 3. The number of guanidine groups is 1. The second kappa shape index (κ2) is 13.9. The molecule has 1 aromatic carbocycles. The van der Waals surface area contributed by atoms with Gasteiger partial charge in [-0.25, -0.2) is 0 Å². The summed E-state index contributed by atoms with van der Waals surface area (Å²) in [6.07, 6.45) is 2.59. The Morgan fingerprint density at radius 2 is 1.79 bits per heavy atom. The van der Waals surface area contributed by atoms with Crippen LogP contribution in [-0.2, 0) is 6.42 Å². The van der Waals surface area contributed by atoms with Gasteiger partial charge < -0.3 is 30.0 Å². The van der Waals surface area contributed by atoms with Gasteiger partial charge in [-0.1, -0.05) is 19.9 Å². The number of aliphatic hydroxyl groups is 1. The monoisotopic (exact) mass is 409 g/mol. The average molecular weight is 410 g/mol. The molecule has 0 saturated carbocycles. The van der Waals surface area contributed by atoms with Crippen molar-refractivity contribution < 1.29 is 19.3 Å². The van der Waals surface area contributed by atoms with E-state index in [1.807, 2.05) is 19.1 Å². The van der Waals surface area contributed by atoms with Crippen molar-refractivity contribution in [1.29, 1.82) is 0 Å². The molecular formula is C22H39N3O4. The van der Waals surface area contributed by atoms with Crippen molar-refractivity contribution in [3.8, 4) is 17.2 Å². The van der Waals surface area contributed by atoms with Crippen molar-refractivity contribution in [2.75, 3.05) is 47.6 Å². The van der Waals surface area contributed by atoms with Crippen molar-refractivity contribution in [2.24, 2.45) is 16.8 Å². The SMILES string of the molecule is CCNC(=NCC(CCO)CC(C)C)NCCc1ccc(OC)c(OC)c1OC. The largest absolute Gasteiger partial charge is 0.493 e. The van der Waals surface area contributed by atoms with Gasteiger partial charge in [-0.15, -0.1) is 0 Å². The molecule has 0 bridgehead atoms. The highest BCUT2D eigenvalue weighted by Gasteiger charge is 2.16. The van der Waals surface area contributed by atoms with Crippen molar-refractivity contribution in [3.63, 3.8) is 0 Å². The molecule has 3 N–H and O–H groups in total. The van der Waals surface area contributed by atoms with Gasteiger partial charge in [0.1, 0.15) is 0 Å². The summed E-state index contributed by atoms with van der Waals surface area (Å²) in [7, 11) is 4.86. The molecule has 166 valence electrons. The number of nitrogens with zero attached hydrogens (tertiary/aromatic N) is 1. The Balaban J connectivity index is 2.77. The van der Waals surface area contributed by atoms with Gasteiger partial charge in [-0.05, 0) is 44.1 Å². The summed E-state index contributed by atoms with van der Waals surface area (Å²) >= 11 is 0. The highest BCUT2D eigenvalue weighted by Crippen LogP contribution is 2.39. The van der Waals surface area contributed by atoms with Gasteiger partial charge in [0.05, 0.1) is 21.3 Å². The first kappa shape index (κ1) is 24.9. The molecule has 0 radical (unpaired) electrons. The van der Waals surface area contributed by atoms with Crippen molar-refractivity contribution in [1.82, 2.24) is 10.6 Å². The molecule has 0 saturated heterocycles. The van der Waals surface area contributed by atoms with E-state index in [2.05, 4.69) is 24.5 Å². The van der Waals surface area contributed by atoms with E-state index in [0.29, 0.717) is 42.2 Å². The summed E-state index contributed by atoms with van der Waals surface area (Å²) in [5, 5.41) is 16.0. The molecule has 7 heteroatoms. The molecule has 0 amide bonds. The minimum absolute atomic E-state index is 0.204. The third-order valence-corrected chi connectivity index (χ3v) is 4.67. The zero-order chi connectivity index (χ0) is 21.6. The maximum Gasteiger partial charge on any atom is 0.203 e. The van der Waals surface area contributed by atoms with E-state index in [-0.39, 0.29) is 6.61 Å². The lowest BCUT2D eigenvalue weighted by Crippen LogP contribution is -2.38. The van der Waals surface area contributed by atoms with Crippen LogP contribution in [0.15, 0.2) is 17.1 Å². The number of hydrogen-bond donors (Lipinski definition) is 3. The van der Waals surface area contributed by atoms with Crippen LogP contribution in [-0.4, -0.2) is 58.6 Å². The zero-order valence-electron chi connectivity index (χ0n) is 18.9. The number of hydrogen-bond acceptors (Lipinski definition) is 5. The van der Waals surface area contributed by atoms with Crippen LogP contribution in [0.3, 0.4) is 0 Å². The van der Waals surface area contributed by atoms with Gasteiger partial charge in [0.25, 0.3) is 0 Å². The number of benzene rings is 1. The predicted octanol–water partition coefficient (Wildman–Crippen LogP) is 2.85. The van der Waals surface area contributed by atoms with Gasteiger partial charge in [0.15, 0.2) is 17.5 Å². The van der Waals surface area contributed by atoms with Crippen LogP contribution in [0.4, 0.5) is 0 Å². The first-order valence-corrected chi connectivity index (χ1v) is 10.4. The maximum absolute atomic E-state index is 9.30. The van der Waals surface area contributed by atoms with Crippen LogP contribution in [0.25, 0.3) is 0 Å². The van der Waals surface area contributed by atoms with E-state index in [4.69, 9.17) is 19.2 Å². The first-order chi connectivity index (χ1) is 14.0. The summed E-state index contributed by atoms with van der Waals surface area (Å²) in [5.74, 6) is 3.72. The molecular weight excluding hydrogens is 370 g/mol. The fourth-order valence-electron chi connectivity index (χ4n) is 3.37. The van der Waals surface area contributed by atoms with E-state index in [9.17, 15) is 5.11 Å². The predicted molar refractivity (Wildman–Crippen MR) is 118 cm³/mol. The Labute approximate surface area is 175 Å². The Kier molecular flexibility index (Phi) is 12.0. The van der Waals surface area contributed by atoms with E-state index in [1.165, 1.54) is 0 Å². The first-order valence-electron chi connectivity index (χ1n) is 10.4. The normalized spacial score (nSPS) is 12.6. The lowest BCUT2D eigenvalue weighted by atomic mass is 9.94. The highest BCUT2D eigenvalue weighted by molar-refractivity contribution is 5.79. The third kappa shape index (κ3) is 8.40. The van der Waals surface area contributed by atoms with Crippen molar-refractivity contribution in [3.05, 3.63) is 17.7 Å². The summed E-state index contributed by atoms with van der Waals surface area (Å²) in [4.78, 5) is 4.73. The van der Waals surface area contributed by atoms with Crippen LogP contribution in [0, 0.1) is 11.8 Å². The molecule has 0 aliphatic carbocycles. The Hall–Kier alpha value is -2.15. The quantitative estimate of drug-likeness (QED) is 0.343. The lowest BCUT2D eigenvalue weighted by molar-refractivity contribution is 0.245. The lowest BCUT2D eigenvalue weighted by Gasteiger charge is -2.18. The van der Waals surface area contributed by atoms with Crippen molar-refractivity contribution >= 4 is 5.96 Å². The van der Waals surface area contributed by atoms with Crippen LogP contribution in [0.2, 0.25) is 0 Å². The van der Waals surface area contributed by atoms with Crippen molar-refractivity contribution in [2.45, 2.75) is 40.0 Å². The minimum atomic E-state index is 0.204. The molecule has 0 aliphatic rings. The molecule has 7 nitrogen and oxygen atoms in total. The fraction of sp³-hybridized carbons (Fsp3) is 0.682. The number of aliphatic hydroxyl groups excluding tert-OH is 1. The van der Waals surface area contributed by atoms with E-state index in [0.717, 1.165) is 37.3 Å². The molecule has 29 heavy (non-hydrogen) atoms. The van der Waals surface area contributed by atoms with Gasteiger partial charge in [-0.2, -0.15) is 0 Å². The summed E-state index contributed by atoms with van der Waals surface area (Å²) < 4.78 is 16.4. The molecule has 0 aromatic heterocycles. The number of rotatable bonds is 13. The molecule has 1 unspecified atom stereocenters. The summed E-state index contributed by atoms with van der Waals surface area (Å²) in [6, 6.07) is 3.88. The average Bonchev–Trinajstić information content (AvgIpc) is 2.70. The van der Waals surface area contributed by atoms with Crippen LogP contribution in [0.1, 0.15) is 39.2 Å². The third-order valence-electron chi connectivity index (χ3n) is 4.67. The van der Waals surface area contributed by atoms with Crippen LogP contribution in [0.5, 0.6) is 17.2 Å². The van der Waals surface area contributed by atoms with Gasteiger partial charge >= 0.3 is 0 Å². The molecule has 0 fully saturated rings. The number of methoxy groups -OCH3 is 3. The Morgan fingerprint density at radius 3 is 2.34 bits per heavy atom. The van der Waals surface area contributed by atoms with Gasteiger partial charge in [0, 0.05) is 31.8 Å². The van der Waals surface area contributed by atoms with Gasteiger partial charge in [-0.3, -0.25) is 4.99 Å². The molecule has 0 spiro atoms. The molecule has 1 rings (SSSR count). The summed E-state index contributed by atoms with van der Waals surface area (Å²) in [6.45, 7) is 8.85. The fourth-order valence-corrected chi connectivity index (χ4v) is 3.37. The number of aliphatic imine (C=N–C) groups is 1. The highest BCUT2D eigenvalue weighted by atomic mass is 16.5. The minimum Gasteiger partial charge on any atom is -0.493 e. The Bertz CT molecular complexity index is 620. The van der Waals surface area contributed by atoms with Crippen LogP contribution < -0.4 is 24.8 Å². The molecule has 1 aromatic rings. The topological polar surface area (TPSA) is 84.3 Å². The maximum atomic E-state index is 9.30. The summed E-state index contributed by atoms with van der Waals surface area (Å²) in [5.41, 5.74) is 1.03. The van der Waals surface area contributed by atoms with E-state index in [1.54, 1.807) is 21.3 Å². The molecule has 0 aliphatic heterocycles. The molecule has 0 heterocycles. The Morgan fingerprint density at radius 1 is 1.07 bits per heavy atom. The van der Waals surface area contributed by atoms with E-state index >= 15 is 0 Å². The standard InChI is InChI=1S/C22H39N3O4/c1-7-23-22(25-15-17(11-13-26)14-16(2)3)24-12-10-18-8-9-19(27-4)21(29-6)20(18)28-5/h8-9,16-17,26H,7,10-15H2,1-6H3,(H2,23,24,25). The second-order valence-corrected chi connectivity index (χ2v) is 7.40. The van der Waals surface area contributed by atoms with E-state index < -0.39 is 0 Å².